The highest BCUT2D eigenvalue weighted by Crippen LogP contribution is 2.21. The average Bonchev–Trinajstić information content (AvgIpc) is 3.10. The van der Waals surface area contributed by atoms with Crippen molar-refractivity contribution in [1.29, 1.82) is 0 Å². The lowest BCUT2D eigenvalue weighted by molar-refractivity contribution is -0.141. The SMILES string of the molecule is COc1ccccc1CC(CNC(=O)CCc1ccoc1)C(=O)O. The second kappa shape index (κ2) is 8.76. The number of ether oxygens (including phenoxy) is 1. The highest BCUT2D eigenvalue weighted by molar-refractivity contribution is 5.77. The van der Waals surface area contributed by atoms with E-state index in [-0.39, 0.29) is 12.5 Å². The molecule has 128 valence electrons. The van der Waals surface area contributed by atoms with Crippen LogP contribution in [0.15, 0.2) is 47.3 Å². The lowest BCUT2D eigenvalue weighted by Gasteiger charge is -2.15. The number of hydrogen-bond acceptors (Lipinski definition) is 4. The standard InChI is InChI=1S/C18H21NO5/c1-23-16-5-3-2-4-14(16)10-15(18(21)22)11-19-17(20)7-6-13-8-9-24-12-13/h2-5,8-9,12,15H,6-7,10-11H2,1H3,(H,19,20)(H,21,22). The molecule has 1 amide bonds. The number of aliphatic carboxylic acids is 1. The summed E-state index contributed by atoms with van der Waals surface area (Å²) in [5.74, 6) is -1.19. The van der Waals surface area contributed by atoms with E-state index in [0.29, 0.717) is 25.0 Å². The Kier molecular flexibility index (Phi) is 6.42. The van der Waals surface area contributed by atoms with Crippen molar-refractivity contribution >= 4 is 11.9 Å². The molecule has 1 aromatic carbocycles. The number of carbonyl (C=O) groups excluding carboxylic acids is 1. The topological polar surface area (TPSA) is 88.8 Å². The number of methoxy groups -OCH3 is 1. The Hall–Kier alpha value is -2.76. The summed E-state index contributed by atoms with van der Waals surface area (Å²) in [6.07, 6.45) is 4.30. The van der Waals surface area contributed by atoms with Gasteiger partial charge in [-0.1, -0.05) is 18.2 Å². The van der Waals surface area contributed by atoms with E-state index in [4.69, 9.17) is 9.15 Å². The summed E-state index contributed by atoms with van der Waals surface area (Å²) >= 11 is 0. The maximum Gasteiger partial charge on any atom is 0.308 e. The van der Waals surface area contributed by atoms with Crippen LogP contribution in [0.2, 0.25) is 0 Å². The number of furan rings is 1. The number of para-hydroxylation sites is 1. The molecule has 2 aromatic rings. The van der Waals surface area contributed by atoms with E-state index in [2.05, 4.69) is 5.32 Å². The first-order chi connectivity index (χ1) is 11.6. The van der Waals surface area contributed by atoms with Crippen LogP contribution in [-0.2, 0) is 22.4 Å². The van der Waals surface area contributed by atoms with Gasteiger partial charge in [-0.15, -0.1) is 0 Å². The van der Waals surface area contributed by atoms with Crippen LogP contribution in [0.3, 0.4) is 0 Å². The van der Waals surface area contributed by atoms with Crippen molar-refractivity contribution in [3.8, 4) is 5.75 Å². The van der Waals surface area contributed by atoms with E-state index in [1.165, 1.54) is 0 Å². The molecule has 2 N–H and O–H groups in total. The van der Waals surface area contributed by atoms with Gasteiger partial charge in [0.05, 0.1) is 25.6 Å². The predicted molar refractivity (Wildman–Crippen MR) is 87.9 cm³/mol. The smallest absolute Gasteiger partial charge is 0.308 e. The van der Waals surface area contributed by atoms with Gasteiger partial charge >= 0.3 is 5.97 Å². The zero-order valence-corrected chi connectivity index (χ0v) is 13.5. The van der Waals surface area contributed by atoms with Crippen molar-refractivity contribution in [2.75, 3.05) is 13.7 Å². The number of hydrogen-bond donors (Lipinski definition) is 2. The fourth-order valence-electron chi connectivity index (χ4n) is 2.40. The minimum absolute atomic E-state index is 0.0810. The Morgan fingerprint density at radius 2 is 2.08 bits per heavy atom. The summed E-state index contributed by atoms with van der Waals surface area (Å²) in [7, 11) is 1.55. The van der Waals surface area contributed by atoms with Crippen LogP contribution in [0.1, 0.15) is 17.5 Å². The van der Waals surface area contributed by atoms with Crippen LogP contribution < -0.4 is 10.1 Å². The van der Waals surface area contributed by atoms with Gasteiger partial charge in [-0.2, -0.15) is 0 Å². The number of aryl methyl sites for hydroxylation is 1. The molecule has 1 heterocycles. The van der Waals surface area contributed by atoms with Gasteiger partial charge in [0.15, 0.2) is 0 Å². The molecule has 0 aliphatic rings. The molecule has 0 bridgehead atoms. The summed E-state index contributed by atoms with van der Waals surface area (Å²) in [4.78, 5) is 23.3. The Balaban J connectivity index is 1.86. The number of amides is 1. The second-order valence-electron chi connectivity index (χ2n) is 5.49. The largest absolute Gasteiger partial charge is 0.496 e. The van der Waals surface area contributed by atoms with Crippen molar-refractivity contribution in [3.63, 3.8) is 0 Å². The molecule has 6 nitrogen and oxygen atoms in total. The molecule has 24 heavy (non-hydrogen) atoms. The fraction of sp³-hybridized carbons (Fsp3) is 0.333. The third-order valence-corrected chi connectivity index (χ3v) is 3.77. The summed E-state index contributed by atoms with van der Waals surface area (Å²) in [6.45, 7) is 0.0810. The lowest BCUT2D eigenvalue weighted by atomic mass is 9.98. The molecular formula is C18H21NO5. The minimum atomic E-state index is -0.948. The van der Waals surface area contributed by atoms with E-state index >= 15 is 0 Å². The number of carboxylic acid groups (broad SMARTS) is 1. The van der Waals surface area contributed by atoms with Gasteiger partial charge in [-0.05, 0) is 36.1 Å². The van der Waals surface area contributed by atoms with Gasteiger partial charge in [0.1, 0.15) is 5.75 Å². The van der Waals surface area contributed by atoms with Crippen LogP contribution in [0.25, 0.3) is 0 Å². The van der Waals surface area contributed by atoms with Crippen LogP contribution >= 0.6 is 0 Å². The Bertz CT molecular complexity index is 666. The number of rotatable bonds is 9. The first kappa shape index (κ1) is 17.6. The van der Waals surface area contributed by atoms with Crippen LogP contribution in [0, 0.1) is 5.92 Å². The van der Waals surface area contributed by atoms with Crippen LogP contribution in [-0.4, -0.2) is 30.6 Å². The van der Waals surface area contributed by atoms with Crippen LogP contribution in [0.5, 0.6) is 5.75 Å². The molecule has 6 heteroatoms. The zero-order chi connectivity index (χ0) is 17.4. The van der Waals surface area contributed by atoms with Crippen molar-refractivity contribution < 1.29 is 23.8 Å². The highest BCUT2D eigenvalue weighted by Gasteiger charge is 2.20. The minimum Gasteiger partial charge on any atom is -0.496 e. The number of carbonyl (C=O) groups is 2. The van der Waals surface area contributed by atoms with Crippen molar-refractivity contribution in [3.05, 3.63) is 54.0 Å². The summed E-state index contributed by atoms with van der Waals surface area (Å²) in [5, 5.41) is 12.1. The van der Waals surface area contributed by atoms with Crippen LogP contribution in [0.4, 0.5) is 0 Å². The molecule has 2 rings (SSSR count). The summed E-state index contributed by atoms with van der Waals surface area (Å²) < 4.78 is 10.2. The van der Waals surface area contributed by atoms with Gasteiger partial charge < -0.3 is 19.6 Å². The Morgan fingerprint density at radius 1 is 1.29 bits per heavy atom. The normalized spacial score (nSPS) is 11.7. The quantitative estimate of drug-likeness (QED) is 0.736. The molecule has 0 aliphatic carbocycles. The first-order valence-corrected chi connectivity index (χ1v) is 7.72. The van der Waals surface area contributed by atoms with E-state index < -0.39 is 11.9 Å². The molecule has 0 aliphatic heterocycles. The molecule has 0 saturated heterocycles. The molecule has 0 radical (unpaired) electrons. The van der Waals surface area contributed by atoms with Gasteiger partial charge in [-0.3, -0.25) is 9.59 Å². The Morgan fingerprint density at radius 3 is 2.75 bits per heavy atom. The zero-order valence-electron chi connectivity index (χ0n) is 13.5. The van der Waals surface area contributed by atoms with Gasteiger partial charge in [-0.25, -0.2) is 0 Å². The molecule has 0 saturated carbocycles. The summed E-state index contributed by atoms with van der Waals surface area (Å²) in [5.41, 5.74) is 1.74. The van der Waals surface area contributed by atoms with E-state index in [0.717, 1.165) is 11.1 Å². The third-order valence-electron chi connectivity index (χ3n) is 3.77. The van der Waals surface area contributed by atoms with Crippen molar-refractivity contribution in [1.82, 2.24) is 5.32 Å². The molecular weight excluding hydrogens is 310 g/mol. The molecule has 0 spiro atoms. The van der Waals surface area contributed by atoms with Crippen molar-refractivity contribution in [2.45, 2.75) is 19.3 Å². The van der Waals surface area contributed by atoms with E-state index in [1.807, 2.05) is 18.2 Å². The third kappa shape index (κ3) is 5.15. The number of benzene rings is 1. The molecule has 1 unspecified atom stereocenters. The maximum absolute atomic E-state index is 11.9. The monoisotopic (exact) mass is 331 g/mol. The number of nitrogens with one attached hydrogen (secondary N) is 1. The fourth-order valence-corrected chi connectivity index (χ4v) is 2.40. The second-order valence-corrected chi connectivity index (χ2v) is 5.49. The Labute approximate surface area is 140 Å². The van der Waals surface area contributed by atoms with Gasteiger partial charge in [0, 0.05) is 13.0 Å². The molecule has 1 aromatic heterocycles. The average molecular weight is 331 g/mol. The van der Waals surface area contributed by atoms with E-state index in [9.17, 15) is 14.7 Å². The van der Waals surface area contributed by atoms with Gasteiger partial charge in [0.25, 0.3) is 0 Å². The lowest BCUT2D eigenvalue weighted by Crippen LogP contribution is -2.34. The van der Waals surface area contributed by atoms with E-state index in [1.54, 1.807) is 31.8 Å². The van der Waals surface area contributed by atoms with Crippen molar-refractivity contribution in [2.24, 2.45) is 5.92 Å². The maximum atomic E-state index is 11.9. The first-order valence-electron chi connectivity index (χ1n) is 7.72. The predicted octanol–water partition coefficient (Wildman–Crippen LogP) is 2.28. The molecule has 1 atom stereocenters. The van der Waals surface area contributed by atoms with Gasteiger partial charge in [0.2, 0.25) is 5.91 Å². The highest BCUT2D eigenvalue weighted by atomic mass is 16.5. The summed E-state index contributed by atoms with van der Waals surface area (Å²) in [6, 6.07) is 9.08. The molecule has 0 fully saturated rings. The number of carboxylic acids is 1.